The quantitative estimate of drug-likeness (QED) is 0.541. The number of aryl methyl sites for hydroxylation is 1. The van der Waals surface area contributed by atoms with Gasteiger partial charge in [-0.05, 0) is 61.8 Å². The Balaban J connectivity index is 0.000000172. The predicted molar refractivity (Wildman–Crippen MR) is 135 cm³/mol. The van der Waals surface area contributed by atoms with E-state index in [0.717, 1.165) is 49.7 Å². The van der Waals surface area contributed by atoms with E-state index in [0.29, 0.717) is 30.2 Å². The summed E-state index contributed by atoms with van der Waals surface area (Å²) in [5, 5.41) is 4.89. The van der Waals surface area contributed by atoms with Crippen molar-refractivity contribution in [1.29, 1.82) is 0 Å². The predicted octanol–water partition coefficient (Wildman–Crippen LogP) is 4.95. The highest BCUT2D eigenvalue weighted by molar-refractivity contribution is 5.99. The number of piperidine rings is 1. The van der Waals surface area contributed by atoms with Crippen LogP contribution in [0.4, 0.5) is 4.39 Å². The average Bonchev–Trinajstić information content (AvgIpc) is 3.39. The molecule has 8 heteroatoms. The van der Waals surface area contributed by atoms with Gasteiger partial charge in [0.05, 0.1) is 5.52 Å². The minimum absolute atomic E-state index is 0.0576. The normalized spacial score (nSPS) is 15.7. The number of amides is 2. The van der Waals surface area contributed by atoms with E-state index >= 15 is 0 Å². The van der Waals surface area contributed by atoms with E-state index in [1.807, 2.05) is 28.9 Å². The first kappa shape index (κ1) is 24.9. The zero-order valence-electron chi connectivity index (χ0n) is 21.0. The number of hydrogen-bond acceptors (Lipinski definition) is 3. The Morgan fingerprint density at radius 2 is 1.94 bits per heavy atom. The molecule has 0 unspecified atom stereocenters. The van der Waals surface area contributed by atoms with Crippen molar-refractivity contribution >= 4 is 22.7 Å². The van der Waals surface area contributed by atoms with E-state index in [1.54, 1.807) is 23.2 Å². The van der Waals surface area contributed by atoms with E-state index in [1.165, 1.54) is 12.5 Å². The minimum atomic E-state index is -0.308. The van der Waals surface area contributed by atoms with Gasteiger partial charge in [-0.1, -0.05) is 19.9 Å². The summed E-state index contributed by atoms with van der Waals surface area (Å²) in [5.41, 5.74) is 1.97. The number of aromatic amines is 1. The number of rotatable bonds is 6. The molecule has 1 N–H and O–H groups in total. The number of carbonyl (C=O) groups is 2. The molecule has 1 aliphatic carbocycles. The molecule has 1 aromatic carbocycles. The molecule has 35 heavy (non-hydrogen) atoms. The lowest BCUT2D eigenvalue weighted by Crippen LogP contribution is -2.36. The summed E-state index contributed by atoms with van der Waals surface area (Å²) in [4.78, 5) is 30.8. The SMILES string of the molecule is CC(C)c1ccc(F)c2[nH]c(C(=O)N(C)C3CC3)cc12.O=C(CCn1cccn1)N1CCCCC1. The topological polar surface area (TPSA) is 74.2 Å². The molecule has 2 aliphatic rings. The summed E-state index contributed by atoms with van der Waals surface area (Å²) in [6.07, 6.45) is 9.92. The molecule has 7 nitrogen and oxygen atoms in total. The highest BCUT2D eigenvalue weighted by Crippen LogP contribution is 2.30. The fourth-order valence-electron chi connectivity index (χ4n) is 4.59. The van der Waals surface area contributed by atoms with Gasteiger partial charge in [-0.2, -0.15) is 5.10 Å². The van der Waals surface area contributed by atoms with Crippen LogP contribution >= 0.6 is 0 Å². The maximum atomic E-state index is 13.9. The Morgan fingerprint density at radius 3 is 2.57 bits per heavy atom. The van der Waals surface area contributed by atoms with Crippen molar-refractivity contribution in [2.75, 3.05) is 20.1 Å². The van der Waals surface area contributed by atoms with E-state index in [2.05, 4.69) is 23.9 Å². The Morgan fingerprint density at radius 1 is 1.20 bits per heavy atom. The summed E-state index contributed by atoms with van der Waals surface area (Å²) in [7, 11) is 1.81. The molecule has 0 radical (unpaired) electrons. The van der Waals surface area contributed by atoms with Crippen molar-refractivity contribution in [3.8, 4) is 0 Å². The number of carbonyl (C=O) groups excluding carboxylic acids is 2. The van der Waals surface area contributed by atoms with Crippen molar-refractivity contribution < 1.29 is 14.0 Å². The molecule has 0 atom stereocenters. The number of aromatic nitrogens is 3. The van der Waals surface area contributed by atoms with Crippen molar-refractivity contribution in [2.45, 2.75) is 70.9 Å². The second-order valence-electron chi connectivity index (χ2n) is 9.87. The summed E-state index contributed by atoms with van der Waals surface area (Å²) < 4.78 is 15.7. The second-order valence-corrected chi connectivity index (χ2v) is 9.87. The van der Waals surface area contributed by atoms with Crippen LogP contribution in [0.2, 0.25) is 0 Å². The average molecular weight is 482 g/mol. The second kappa shape index (κ2) is 11.1. The Bertz CT molecular complexity index is 1140. The van der Waals surface area contributed by atoms with Crippen LogP contribution in [0.25, 0.3) is 10.9 Å². The van der Waals surface area contributed by atoms with Gasteiger partial charge in [0.15, 0.2) is 0 Å². The lowest BCUT2D eigenvalue weighted by atomic mass is 9.99. The minimum Gasteiger partial charge on any atom is -0.348 e. The smallest absolute Gasteiger partial charge is 0.270 e. The molecule has 1 aliphatic heterocycles. The first-order chi connectivity index (χ1) is 16.8. The first-order valence-electron chi connectivity index (χ1n) is 12.7. The van der Waals surface area contributed by atoms with Crippen LogP contribution in [-0.2, 0) is 11.3 Å². The lowest BCUT2D eigenvalue weighted by molar-refractivity contribution is -0.132. The van der Waals surface area contributed by atoms with Crippen molar-refractivity contribution in [2.24, 2.45) is 0 Å². The lowest BCUT2D eigenvalue weighted by Gasteiger charge is -2.26. The van der Waals surface area contributed by atoms with Gasteiger partial charge in [-0.15, -0.1) is 0 Å². The van der Waals surface area contributed by atoms with Crippen molar-refractivity contribution in [3.63, 3.8) is 0 Å². The molecule has 2 amide bonds. The van der Waals surface area contributed by atoms with Crippen LogP contribution in [0.1, 0.15) is 74.3 Å². The number of nitrogens with zero attached hydrogens (tertiary/aromatic N) is 4. The highest BCUT2D eigenvalue weighted by atomic mass is 19.1. The maximum Gasteiger partial charge on any atom is 0.270 e. The molecule has 1 saturated carbocycles. The molecule has 2 fully saturated rings. The van der Waals surface area contributed by atoms with E-state index in [9.17, 15) is 14.0 Å². The summed E-state index contributed by atoms with van der Waals surface area (Å²) in [6, 6.07) is 7.28. The number of halogens is 1. The molecule has 5 rings (SSSR count). The Kier molecular flexibility index (Phi) is 7.88. The Labute approximate surface area is 206 Å². The summed E-state index contributed by atoms with van der Waals surface area (Å²) in [6.45, 7) is 6.72. The molecular weight excluding hydrogens is 445 g/mol. The third-order valence-electron chi connectivity index (χ3n) is 6.87. The highest BCUT2D eigenvalue weighted by Gasteiger charge is 2.31. The molecule has 2 aromatic heterocycles. The third-order valence-corrected chi connectivity index (χ3v) is 6.87. The first-order valence-corrected chi connectivity index (χ1v) is 12.7. The number of nitrogens with one attached hydrogen (secondary N) is 1. The van der Waals surface area contributed by atoms with Crippen molar-refractivity contribution in [3.05, 3.63) is 53.7 Å². The standard InChI is InChI=1S/C16H19FN2O.C11H17N3O/c1-9(2)11-6-7-13(17)15-12(11)8-14(18-15)16(20)19(3)10-4-5-10;15-11(13-7-2-1-3-8-13)5-10-14-9-4-6-12-14/h6-10,18H,4-5H2,1-3H3;4,6,9H,1-3,5,7-8,10H2. The number of H-pyrrole nitrogens is 1. The fraction of sp³-hybridized carbons (Fsp3) is 0.519. The van der Waals surface area contributed by atoms with Gasteiger partial charge in [-0.25, -0.2) is 4.39 Å². The van der Waals surface area contributed by atoms with Gasteiger partial charge in [-0.3, -0.25) is 14.3 Å². The van der Waals surface area contributed by atoms with Crippen LogP contribution in [0.15, 0.2) is 36.7 Å². The van der Waals surface area contributed by atoms with Gasteiger partial charge in [0, 0.05) is 56.9 Å². The van der Waals surface area contributed by atoms with Gasteiger partial charge >= 0.3 is 0 Å². The van der Waals surface area contributed by atoms with Crippen LogP contribution in [0, 0.1) is 5.82 Å². The molecular formula is C27H36FN5O2. The number of hydrogen-bond donors (Lipinski definition) is 1. The molecule has 0 bridgehead atoms. The number of fused-ring (bicyclic) bond motifs is 1. The van der Waals surface area contributed by atoms with Gasteiger partial charge < -0.3 is 14.8 Å². The molecule has 3 aromatic rings. The maximum absolute atomic E-state index is 13.9. The zero-order chi connectivity index (χ0) is 24.9. The van der Waals surface area contributed by atoms with Crippen LogP contribution in [0.5, 0.6) is 0 Å². The third kappa shape index (κ3) is 6.10. The largest absolute Gasteiger partial charge is 0.348 e. The van der Waals surface area contributed by atoms with Crippen LogP contribution in [-0.4, -0.2) is 62.6 Å². The summed E-state index contributed by atoms with van der Waals surface area (Å²) in [5.74, 6) is 0.193. The summed E-state index contributed by atoms with van der Waals surface area (Å²) >= 11 is 0. The van der Waals surface area contributed by atoms with Gasteiger partial charge in [0.2, 0.25) is 5.91 Å². The van der Waals surface area contributed by atoms with Gasteiger partial charge in [0.25, 0.3) is 5.91 Å². The number of likely N-dealkylation sites (tertiary alicyclic amines) is 1. The number of benzene rings is 1. The van der Waals surface area contributed by atoms with Gasteiger partial charge in [0.1, 0.15) is 11.5 Å². The van der Waals surface area contributed by atoms with E-state index in [-0.39, 0.29) is 23.5 Å². The molecule has 3 heterocycles. The van der Waals surface area contributed by atoms with Crippen molar-refractivity contribution in [1.82, 2.24) is 24.6 Å². The van der Waals surface area contributed by atoms with Crippen LogP contribution in [0.3, 0.4) is 0 Å². The molecule has 1 saturated heterocycles. The molecule has 0 spiro atoms. The van der Waals surface area contributed by atoms with E-state index in [4.69, 9.17) is 0 Å². The Hall–Kier alpha value is -3.16. The monoisotopic (exact) mass is 481 g/mol. The molecule has 188 valence electrons. The van der Waals surface area contributed by atoms with Crippen LogP contribution < -0.4 is 0 Å². The zero-order valence-corrected chi connectivity index (χ0v) is 21.0. The fourth-order valence-corrected chi connectivity index (χ4v) is 4.59. The van der Waals surface area contributed by atoms with E-state index < -0.39 is 0 Å².